The molecule has 1 amide bonds. The maximum atomic E-state index is 11.9. The molecule has 2 rings (SSSR count). The number of benzene rings is 1. The molecule has 86 valence electrons. The van der Waals surface area contributed by atoms with E-state index in [-0.39, 0.29) is 11.8 Å². The van der Waals surface area contributed by atoms with Gasteiger partial charge in [0.05, 0.1) is 7.11 Å². The summed E-state index contributed by atoms with van der Waals surface area (Å²) in [5, 5.41) is 0. The molecule has 1 saturated heterocycles. The lowest BCUT2D eigenvalue weighted by molar-refractivity contribution is -0.119. The maximum Gasteiger partial charge on any atom is 0.229 e. The number of rotatable bonds is 2. The fraction of sp³-hybridized carbons (Fsp3) is 0.462. The minimum atomic E-state index is 0.145. The van der Waals surface area contributed by atoms with Crippen LogP contribution in [0.25, 0.3) is 0 Å². The first-order chi connectivity index (χ1) is 7.61. The van der Waals surface area contributed by atoms with Gasteiger partial charge in [0.2, 0.25) is 5.91 Å². The van der Waals surface area contributed by atoms with Crippen LogP contribution in [0.3, 0.4) is 0 Å². The molecule has 0 aromatic heterocycles. The second-order valence-corrected chi connectivity index (χ2v) is 4.39. The van der Waals surface area contributed by atoms with E-state index in [1.165, 1.54) is 0 Å². The quantitative estimate of drug-likeness (QED) is 0.764. The summed E-state index contributed by atoms with van der Waals surface area (Å²) in [6.45, 7) is 4.80. The molecule has 0 bridgehead atoms. The molecule has 3 heteroatoms. The Hall–Kier alpha value is -1.51. The van der Waals surface area contributed by atoms with Crippen LogP contribution >= 0.6 is 0 Å². The number of nitrogens with zero attached hydrogens (tertiary/aromatic N) is 1. The van der Waals surface area contributed by atoms with Crippen molar-refractivity contribution in [1.82, 2.24) is 0 Å². The predicted octanol–water partition coefficient (Wildman–Crippen LogP) is 2.38. The van der Waals surface area contributed by atoms with Crippen molar-refractivity contribution in [3.05, 3.63) is 23.8 Å². The summed E-state index contributed by atoms with van der Waals surface area (Å²) >= 11 is 0. The van der Waals surface area contributed by atoms with Crippen molar-refractivity contribution in [2.45, 2.75) is 20.3 Å². The molecule has 1 aromatic rings. The molecular formula is C13H17NO2. The van der Waals surface area contributed by atoms with E-state index in [0.717, 1.165) is 30.0 Å². The number of amides is 1. The highest BCUT2D eigenvalue weighted by Crippen LogP contribution is 2.29. The van der Waals surface area contributed by atoms with E-state index in [0.29, 0.717) is 0 Å². The normalized spacial score (nSPS) is 20.3. The van der Waals surface area contributed by atoms with Gasteiger partial charge in [-0.1, -0.05) is 6.92 Å². The molecule has 0 radical (unpaired) electrons. The zero-order valence-electron chi connectivity index (χ0n) is 9.99. The fourth-order valence-corrected chi connectivity index (χ4v) is 2.08. The first-order valence-corrected chi connectivity index (χ1v) is 5.59. The number of anilines is 1. The average Bonchev–Trinajstić information content (AvgIpc) is 2.59. The van der Waals surface area contributed by atoms with Gasteiger partial charge in [0.1, 0.15) is 5.75 Å². The summed E-state index contributed by atoms with van der Waals surface area (Å²) in [6.07, 6.45) is 0.940. The Labute approximate surface area is 96.0 Å². The Bertz CT molecular complexity index is 414. The monoisotopic (exact) mass is 219 g/mol. The number of carbonyl (C=O) groups is 1. The van der Waals surface area contributed by atoms with E-state index in [9.17, 15) is 4.79 Å². The van der Waals surface area contributed by atoms with Gasteiger partial charge in [-0.25, -0.2) is 0 Å². The molecule has 0 saturated carbocycles. The van der Waals surface area contributed by atoms with Gasteiger partial charge in [0.15, 0.2) is 0 Å². The summed E-state index contributed by atoms with van der Waals surface area (Å²) in [5.41, 5.74) is 2.06. The fourth-order valence-electron chi connectivity index (χ4n) is 2.08. The summed E-state index contributed by atoms with van der Waals surface area (Å²) < 4.78 is 5.22. The molecule has 1 unspecified atom stereocenters. The lowest BCUT2D eigenvalue weighted by Gasteiger charge is -2.17. The van der Waals surface area contributed by atoms with Crippen molar-refractivity contribution in [2.24, 2.45) is 5.92 Å². The van der Waals surface area contributed by atoms with Crippen LogP contribution in [0.15, 0.2) is 18.2 Å². The van der Waals surface area contributed by atoms with Crippen molar-refractivity contribution in [3.63, 3.8) is 0 Å². The molecule has 1 aromatic carbocycles. The smallest absolute Gasteiger partial charge is 0.229 e. The molecule has 0 aliphatic carbocycles. The van der Waals surface area contributed by atoms with E-state index in [4.69, 9.17) is 4.74 Å². The number of hydrogen-bond acceptors (Lipinski definition) is 2. The minimum Gasteiger partial charge on any atom is -0.497 e. The van der Waals surface area contributed by atoms with Crippen LogP contribution in [0.5, 0.6) is 5.75 Å². The number of carbonyl (C=O) groups excluding carboxylic acids is 1. The lowest BCUT2D eigenvalue weighted by atomic mass is 10.1. The van der Waals surface area contributed by atoms with Gasteiger partial charge in [0.25, 0.3) is 0 Å². The highest BCUT2D eigenvalue weighted by Gasteiger charge is 2.29. The number of hydrogen-bond donors (Lipinski definition) is 0. The van der Waals surface area contributed by atoms with Crippen molar-refractivity contribution >= 4 is 11.6 Å². The van der Waals surface area contributed by atoms with Gasteiger partial charge < -0.3 is 9.64 Å². The van der Waals surface area contributed by atoms with Gasteiger partial charge in [-0.15, -0.1) is 0 Å². The molecule has 0 spiro atoms. The summed E-state index contributed by atoms with van der Waals surface area (Å²) in [6, 6.07) is 5.91. The van der Waals surface area contributed by atoms with Crippen molar-refractivity contribution in [1.29, 1.82) is 0 Å². The van der Waals surface area contributed by atoms with Crippen molar-refractivity contribution in [2.75, 3.05) is 18.6 Å². The Morgan fingerprint density at radius 3 is 2.69 bits per heavy atom. The SMILES string of the molecule is COc1cc(C)cc(N2CCC(C)C2=O)c1. The molecular weight excluding hydrogens is 202 g/mol. The van der Waals surface area contributed by atoms with E-state index in [2.05, 4.69) is 0 Å². The Morgan fingerprint density at radius 2 is 2.12 bits per heavy atom. The molecule has 1 fully saturated rings. The maximum absolute atomic E-state index is 11.9. The molecule has 3 nitrogen and oxygen atoms in total. The van der Waals surface area contributed by atoms with Crippen LogP contribution in [0.2, 0.25) is 0 Å². The van der Waals surface area contributed by atoms with E-state index in [1.807, 2.05) is 36.9 Å². The molecule has 1 heterocycles. The van der Waals surface area contributed by atoms with Crippen LogP contribution in [-0.4, -0.2) is 19.6 Å². The predicted molar refractivity (Wildman–Crippen MR) is 63.9 cm³/mol. The average molecular weight is 219 g/mol. The van der Waals surface area contributed by atoms with Crippen LogP contribution < -0.4 is 9.64 Å². The molecule has 1 atom stereocenters. The minimum absolute atomic E-state index is 0.145. The first-order valence-electron chi connectivity index (χ1n) is 5.59. The molecule has 1 aliphatic rings. The van der Waals surface area contributed by atoms with E-state index >= 15 is 0 Å². The van der Waals surface area contributed by atoms with Crippen molar-refractivity contribution in [3.8, 4) is 5.75 Å². The third-order valence-electron chi connectivity index (χ3n) is 3.06. The topological polar surface area (TPSA) is 29.5 Å². The van der Waals surface area contributed by atoms with Gasteiger partial charge in [0, 0.05) is 24.2 Å². The third kappa shape index (κ3) is 1.90. The third-order valence-corrected chi connectivity index (χ3v) is 3.06. The zero-order valence-corrected chi connectivity index (χ0v) is 9.99. The zero-order chi connectivity index (χ0) is 11.7. The van der Waals surface area contributed by atoms with Gasteiger partial charge >= 0.3 is 0 Å². The molecule has 0 N–H and O–H groups in total. The van der Waals surface area contributed by atoms with E-state index < -0.39 is 0 Å². The molecule has 1 aliphatic heterocycles. The largest absolute Gasteiger partial charge is 0.497 e. The second kappa shape index (κ2) is 4.16. The van der Waals surface area contributed by atoms with Gasteiger partial charge in [-0.2, -0.15) is 0 Å². The van der Waals surface area contributed by atoms with E-state index in [1.54, 1.807) is 7.11 Å². The van der Waals surface area contributed by atoms with Crippen LogP contribution in [-0.2, 0) is 4.79 Å². The standard InChI is InChI=1S/C13H17NO2/c1-9-6-11(8-12(7-9)16-3)14-5-4-10(2)13(14)15/h6-8,10H,4-5H2,1-3H3. The molecule has 16 heavy (non-hydrogen) atoms. The lowest BCUT2D eigenvalue weighted by Crippen LogP contribution is -2.26. The number of ether oxygens (including phenoxy) is 1. The van der Waals surface area contributed by atoms with Gasteiger partial charge in [-0.3, -0.25) is 4.79 Å². The Morgan fingerprint density at radius 1 is 1.38 bits per heavy atom. The van der Waals surface area contributed by atoms with Crippen LogP contribution in [0, 0.1) is 12.8 Å². The van der Waals surface area contributed by atoms with Crippen LogP contribution in [0.1, 0.15) is 18.9 Å². The number of aryl methyl sites for hydroxylation is 1. The Balaban J connectivity index is 2.33. The highest BCUT2D eigenvalue weighted by atomic mass is 16.5. The summed E-state index contributed by atoms with van der Waals surface area (Å²) in [7, 11) is 1.65. The van der Waals surface area contributed by atoms with Gasteiger partial charge in [-0.05, 0) is 31.0 Å². The van der Waals surface area contributed by atoms with Crippen LogP contribution in [0.4, 0.5) is 5.69 Å². The second-order valence-electron chi connectivity index (χ2n) is 4.39. The summed E-state index contributed by atoms with van der Waals surface area (Å²) in [4.78, 5) is 13.7. The summed E-state index contributed by atoms with van der Waals surface area (Å²) in [5.74, 6) is 1.17. The number of methoxy groups -OCH3 is 1. The Kier molecular flexibility index (Phi) is 2.86. The highest BCUT2D eigenvalue weighted by molar-refractivity contribution is 5.97. The first kappa shape index (κ1) is 11.0. The van der Waals surface area contributed by atoms with Crippen molar-refractivity contribution < 1.29 is 9.53 Å².